The van der Waals surface area contributed by atoms with Gasteiger partial charge in [0.25, 0.3) is 10.2 Å². The summed E-state index contributed by atoms with van der Waals surface area (Å²) in [5, 5.41) is 0. The lowest BCUT2D eigenvalue weighted by atomic mass is 10.0. The summed E-state index contributed by atoms with van der Waals surface area (Å²) in [5.41, 5.74) is 0. The SMILES string of the molecule is C=CCNS(=O)(=O)N1CCC(C)CC1. The Balaban J connectivity index is 2.51. The Bertz CT molecular complexity index is 279. The molecule has 82 valence electrons. The van der Waals surface area contributed by atoms with E-state index in [2.05, 4.69) is 18.2 Å². The molecule has 0 atom stereocenters. The van der Waals surface area contributed by atoms with Gasteiger partial charge in [-0.05, 0) is 18.8 Å². The van der Waals surface area contributed by atoms with E-state index in [0.717, 1.165) is 12.8 Å². The van der Waals surface area contributed by atoms with Crippen LogP contribution < -0.4 is 4.72 Å². The highest BCUT2D eigenvalue weighted by molar-refractivity contribution is 7.87. The van der Waals surface area contributed by atoms with Crippen molar-refractivity contribution in [1.82, 2.24) is 9.03 Å². The van der Waals surface area contributed by atoms with Crippen LogP contribution in [-0.4, -0.2) is 32.4 Å². The van der Waals surface area contributed by atoms with E-state index in [9.17, 15) is 8.42 Å². The molecule has 1 aliphatic rings. The van der Waals surface area contributed by atoms with Gasteiger partial charge < -0.3 is 0 Å². The Kier molecular flexibility index (Phi) is 4.10. The molecule has 0 unspecified atom stereocenters. The second kappa shape index (κ2) is 4.91. The molecule has 0 aliphatic carbocycles. The molecule has 1 N–H and O–H groups in total. The molecule has 1 aliphatic heterocycles. The molecule has 0 bridgehead atoms. The molecule has 1 saturated heterocycles. The molecular weight excluding hydrogens is 200 g/mol. The molecule has 0 aromatic rings. The number of hydrogen-bond donors (Lipinski definition) is 1. The fraction of sp³-hybridized carbons (Fsp3) is 0.778. The normalized spacial score (nSPS) is 20.9. The zero-order chi connectivity index (χ0) is 10.6. The largest absolute Gasteiger partial charge is 0.279 e. The van der Waals surface area contributed by atoms with Crippen LogP contribution in [0.4, 0.5) is 0 Å². The quantitative estimate of drug-likeness (QED) is 0.708. The van der Waals surface area contributed by atoms with Crippen molar-refractivity contribution in [2.24, 2.45) is 5.92 Å². The van der Waals surface area contributed by atoms with Gasteiger partial charge in [-0.25, -0.2) is 0 Å². The van der Waals surface area contributed by atoms with Crippen molar-refractivity contribution in [2.75, 3.05) is 19.6 Å². The zero-order valence-electron chi connectivity index (χ0n) is 8.57. The fourth-order valence-corrected chi connectivity index (χ4v) is 2.68. The Morgan fingerprint density at radius 2 is 2.07 bits per heavy atom. The minimum atomic E-state index is -3.26. The third-order valence-corrected chi connectivity index (χ3v) is 4.07. The monoisotopic (exact) mass is 218 g/mol. The second-order valence-electron chi connectivity index (χ2n) is 3.72. The van der Waals surface area contributed by atoms with Gasteiger partial charge in [0.15, 0.2) is 0 Å². The molecule has 1 heterocycles. The zero-order valence-corrected chi connectivity index (χ0v) is 9.39. The first-order chi connectivity index (χ1) is 6.56. The molecule has 5 heteroatoms. The van der Waals surface area contributed by atoms with Crippen molar-refractivity contribution in [1.29, 1.82) is 0 Å². The van der Waals surface area contributed by atoms with Gasteiger partial charge in [-0.3, -0.25) is 0 Å². The van der Waals surface area contributed by atoms with Gasteiger partial charge in [0.05, 0.1) is 0 Å². The summed E-state index contributed by atoms with van der Waals surface area (Å²) in [5.74, 6) is 0.640. The first-order valence-electron chi connectivity index (χ1n) is 4.92. The highest BCUT2D eigenvalue weighted by Crippen LogP contribution is 2.17. The van der Waals surface area contributed by atoms with Gasteiger partial charge in [-0.1, -0.05) is 13.0 Å². The van der Waals surface area contributed by atoms with Crippen LogP contribution in [0, 0.1) is 5.92 Å². The van der Waals surface area contributed by atoms with Crippen LogP contribution in [0.3, 0.4) is 0 Å². The van der Waals surface area contributed by atoms with Gasteiger partial charge in [0, 0.05) is 19.6 Å². The first-order valence-corrected chi connectivity index (χ1v) is 6.36. The third-order valence-electron chi connectivity index (χ3n) is 2.49. The van der Waals surface area contributed by atoms with Gasteiger partial charge >= 0.3 is 0 Å². The van der Waals surface area contributed by atoms with Crippen molar-refractivity contribution in [2.45, 2.75) is 19.8 Å². The van der Waals surface area contributed by atoms with Crippen LogP contribution in [0.15, 0.2) is 12.7 Å². The van der Waals surface area contributed by atoms with Crippen LogP contribution in [0.25, 0.3) is 0 Å². The predicted octanol–water partition coefficient (Wildman–Crippen LogP) is 0.739. The molecule has 0 spiro atoms. The highest BCUT2D eigenvalue weighted by Gasteiger charge is 2.25. The third kappa shape index (κ3) is 3.08. The van der Waals surface area contributed by atoms with Crippen molar-refractivity contribution < 1.29 is 8.42 Å². The summed E-state index contributed by atoms with van der Waals surface area (Å²) in [6.45, 7) is 7.19. The Hall–Kier alpha value is -0.390. The molecule has 1 fully saturated rings. The average Bonchev–Trinajstić information content (AvgIpc) is 2.16. The lowest BCUT2D eigenvalue weighted by Gasteiger charge is -2.29. The number of piperidine rings is 1. The van der Waals surface area contributed by atoms with E-state index >= 15 is 0 Å². The van der Waals surface area contributed by atoms with E-state index in [4.69, 9.17) is 0 Å². The molecule has 0 amide bonds. The van der Waals surface area contributed by atoms with Gasteiger partial charge in [0.2, 0.25) is 0 Å². The second-order valence-corrected chi connectivity index (χ2v) is 5.48. The molecular formula is C9H18N2O2S. The van der Waals surface area contributed by atoms with E-state index < -0.39 is 10.2 Å². The Morgan fingerprint density at radius 1 is 1.50 bits per heavy atom. The maximum atomic E-state index is 11.6. The first kappa shape index (κ1) is 11.7. The Labute approximate surface area is 86.2 Å². The van der Waals surface area contributed by atoms with E-state index in [1.165, 1.54) is 4.31 Å². The molecule has 0 radical (unpaired) electrons. The molecule has 14 heavy (non-hydrogen) atoms. The van der Waals surface area contributed by atoms with Gasteiger partial charge in [-0.15, -0.1) is 6.58 Å². The molecule has 0 saturated carbocycles. The number of nitrogens with zero attached hydrogens (tertiary/aromatic N) is 1. The van der Waals surface area contributed by atoms with Crippen LogP contribution in [0.2, 0.25) is 0 Å². The van der Waals surface area contributed by atoms with Crippen molar-refractivity contribution >= 4 is 10.2 Å². The predicted molar refractivity (Wildman–Crippen MR) is 57.1 cm³/mol. The average molecular weight is 218 g/mol. The molecule has 0 aromatic carbocycles. The summed E-state index contributed by atoms with van der Waals surface area (Å²) < 4.78 is 27.2. The molecule has 1 rings (SSSR count). The van der Waals surface area contributed by atoms with Crippen molar-refractivity contribution in [3.05, 3.63) is 12.7 Å². The fourth-order valence-electron chi connectivity index (χ4n) is 1.48. The van der Waals surface area contributed by atoms with Crippen LogP contribution in [0.1, 0.15) is 19.8 Å². The lowest BCUT2D eigenvalue weighted by molar-refractivity contribution is 0.285. The smallest absolute Gasteiger partial charge is 0.198 e. The maximum Gasteiger partial charge on any atom is 0.279 e. The summed E-state index contributed by atoms with van der Waals surface area (Å²) in [4.78, 5) is 0. The number of hydrogen-bond acceptors (Lipinski definition) is 2. The highest BCUT2D eigenvalue weighted by atomic mass is 32.2. The summed E-state index contributed by atoms with van der Waals surface area (Å²) in [6, 6.07) is 0. The van der Waals surface area contributed by atoms with Crippen LogP contribution in [0.5, 0.6) is 0 Å². The maximum absolute atomic E-state index is 11.6. The molecule has 4 nitrogen and oxygen atoms in total. The minimum Gasteiger partial charge on any atom is -0.198 e. The van der Waals surface area contributed by atoms with Crippen LogP contribution >= 0.6 is 0 Å². The summed E-state index contributed by atoms with van der Waals surface area (Å²) >= 11 is 0. The summed E-state index contributed by atoms with van der Waals surface area (Å²) in [7, 11) is -3.26. The van der Waals surface area contributed by atoms with Crippen molar-refractivity contribution in [3.63, 3.8) is 0 Å². The van der Waals surface area contributed by atoms with E-state index in [1.807, 2.05) is 0 Å². The molecule has 0 aromatic heterocycles. The topological polar surface area (TPSA) is 49.4 Å². The van der Waals surface area contributed by atoms with E-state index in [1.54, 1.807) is 6.08 Å². The standard InChI is InChI=1S/C9H18N2O2S/c1-3-6-10-14(12,13)11-7-4-9(2)5-8-11/h3,9-10H,1,4-8H2,2H3. The number of rotatable bonds is 4. The van der Waals surface area contributed by atoms with E-state index in [-0.39, 0.29) is 0 Å². The minimum absolute atomic E-state index is 0.300. The number of nitrogens with one attached hydrogen (secondary N) is 1. The van der Waals surface area contributed by atoms with Crippen LogP contribution in [-0.2, 0) is 10.2 Å². The Morgan fingerprint density at radius 3 is 2.57 bits per heavy atom. The van der Waals surface area contributed by atoms with Gasteiger partial charge in [-0.2, -0.15) is 17.4 Å². The lowest BCUT2D eigenvalue weighted by Crippen LogP contribution is -2.44. The summed E-state index contributed by atoms with van der Waals surface area (Å²) in [6.07, 6.45) is 3.45. The van der Waals surface area contributed by atoms with Gasteiger partial charge in [0.1, 0.15) is 0 Å². The van der Waals surface area contributed by atoms with Crippen molar-refractivity contribution in [3.8, 4) is 0 Å². The van der Waals surface area contributed by atoms with E-state index in [0.29, 0.717) is 25.6 Å².